The largest absolute Gasteiger partial charge is 0.493 e. The Labute approximate surface area is 152 Å². The van der Waals surface area contributed by atoms with E-state index in [1.165, 1.54) is 0 Å². The number of hydrogen-bond donors (Lipinski definition) is 1. The molecule has 1 aliphatic heterocycles. The third-order valence-electron chi connectivity index (χ3n) is 4.48. The molecular weight excluding hydrogens is 334 g/mol. The molecule has 3 rings (SSSR count). The summed E-state index contributed by atoms with van der Waals surface area (Å²) in [6.45, 7) is 4.68. The molecule has 2 aromatic rings. The van der Waals surface area contributed by atoms with Crippen LogP contribution in [0.25, 0.3) is 11.3 Å². The zero-order chi connectivity index (χ0) is 18.5. The fraction of sp³-hybridized carbons (Fsp3) is 0.474. The van der Waals surface area contributed by atoms with Crippen LogP contribution in [-0.4, -0.2) is 43.5 Å². The maximum atomic E-state index is 12.4. The highest BCUT2D eigenvalue weighted by atomic mass is 16.5. The van der Waals surface area contributed by atoms with Crippen molar-refractivity contribution in [3.8, 4) is 22.8 Å². The second kappa shape index (κ2) is 8.23. The Morgan fingerprint density at radius 3 is 2.69 bits per heavy atom. The molecule has 7 nitrogen and oxygen atoms in total. The van der Waals surface area contributed by atoms with Crippen molar-refractivity contribution in [1.29, 1.82) is 0 Å². The van der Waals surface area contributed by atoms with Crippen molar-refractivity contribution in [2.24, 2.45) is 0 Å². The van der Waals surface area contributed by atoms with Gasteiger partial charge in [-0.25, -0.2) is 4.79 Å². The van der Waals surface area contributed by atoms with E-state index in [1.807, 2.05) is 25.1 Å². The van der Waals surface area contributed by atoms with Gasteiger partial charge in [-0.15, -0.1) is 0 Å². The van der Waals surface area contributed by atoms with Crippen LogP contribution >= 0.6 is 0 Å². The van der Waals surface area contributed by atoms with E-state index >= 15 is 0 Å². The fourth-order valence-corrected chi connectivity index (χ4v) is 3.17. The number of methoxy groups -OCH3 is 2. The van der Waals surface area contributed by atoms with Crippen molar-refractivity contribution in [3.63, 3.8) is 0 Å². The Bertz CT molecular complexity index is 832. The van der Waals surface area contributed by atoms with E-state index in [0.717, 1.165) is 29.7 Å². The Kier molecular flexibility index (Phi) is 5.78. The summed E-state index contributed by atoms with van der Waals surface area (Å²) >= 11 is 0. The van der Waals surface area contributed by atoms with Crippen LogP contribution in [0, 0.1) is 0 Å². The number of benzene rings is 1. The van der Waals surface area contributed by atoms with Crippen LogP contribution in [0.2, 0.25) is 0 Å². The predicted octanol–water partition coefficient (Wildman–Crippen LogP) is 2.32. The smallest absolute Gasteiger partial charge is 0.349 e. The summed E-state index contributed by atoms with van der Waals surface area (Å²) in [5.74, 6) is 1.93. The van der Waals surface area contributed by atoms with Crippen molar-refractivity contribution >= 4 is 5.82 Å². The molecule has 0 amide bonds. The van der Waals surface area contributed by atoms with Gasteiger partial charge in [-0.05, 0) is 37.5 Å². The van der Waals surface area contributed by atoms with E-state index in [9.17, 15) is 4.79 Å². The molecular formula is C19H25N3O4. The molecule has 0 radical (unpaired) electrons. The van der Waals surface area contributed by atoms with E-state index in [-0.39, 0.29) is 5.69 Å². The normalized spacial score (nSPS) is 12.3. The van der Waals surface area contributed by atoms with Crippen LogP contribution in [0.15, 0.2) is 23.0 Å². The molecule has 2 heterocycles. The van der Waals surface area contributed by atoms with Gasteiger partial charge in [0.05, 0.1) is 19.9 Å². The van der Waals surface area contributed by atoms with Crippen molar-refractivity contribution < 1.29 is 14.2 Å². The van der Waals surface area contributed by atoms with Gasteiger partial charge in [-0.2, -0.15) is 4.98 Å². The summed E-state index contributed by atoms with van der Waals surface area (Å²) in [7, 11) is 3.23. The number of aromatic nitrogens is 2. The van der Waals surface area contributed by atoms with Gasteiger partial charge in [0.1, 0.15) is 5.82 Å². The third-order valence-corrected chi connectivity index (χ3v) is 4.48. The zero-order valence-corrected chi connectivity index (χ0v) is 15.5. The molecule has 1 aromatic carbocycles. The number of fused-ring (bicyclic) bond motifs is 3. The van der Waals surface area contributed by atoms with Crippen molar-refractivity contribution in [3.05, 3.63) is 34.2 Å². The SMILES string of the molecule is CCOCCCNc1cc2n(c(=O)n1)CCc1cc(OC)c(OC)cc1-2. The van der Waals surface area contributed by atoms with Crippen LogP contribution in [0.3, 0.4) is 0 Å². The van der Waals surface area contributed by atoms with Gasteiger partial charge >= 0.3 is 5.69 Å². The lowest BCUT2D eigenvalue weighted by Crippen LogP contribution is -2.29. The van der Waals surface area contributed by atoms with Gasteiger partial charge in [0.2, 0.25) is 0 Å². The molecule has 140 valence electrons. The van der Waals surface area contributed by atoms with Crippen molar-refractivity contribution in [2.45, 2.75) is 26.3 Å². The Hall–Kier alpha value is -2.54. The van der Waals surface area contributed by atoms with E-state index in [1.54, 1.807) is 18.8 Å². The Morgan fingerprint density at radius 2 is 1.96 bits per heavy atom. The first-order valence-corrected chi connectivity index (χ1v) is 8.86. The van der Waals surface area contributed by atoms with Crippen molar-refractivity contribution in [2.75, 3.05) is 39.3 Å². The molecule has 0 atom stereocenters. The number of nitrogens with zero attached hydrogens (tertiary/aromatic N) is 2. The molecule has 1 aromatic heterocycles. The maximum absolute atomic E-state index is 12.4. The lowest BCUT2D eigenvalue weighted by molar-refractivity contribution is 0.147. The van der Waals surface area contributed by atoms with Crippen LogP contribution in [0.4, 0.5) is 5.82 Å². The number of hydrogen-bond acceptors (Lipinski definition) is 6. The molecule has 0 unspecified atom stereocenters. The first kappa shape index (κ1) is 18.3. The van der Waals surface area contributed by atoms with E-state index in [2.05, 4.69) is 10.3 Å². The molecule has 0 fully saturated rings. The van der Waals surface area contributed by atoms with Crippen LogP contribution in [-0.2, 0) is 17.7 Å². The van der Waals surface area contributed by atoms with Crippen LogP contribution in [0.1, 0.15) is 18.9 Å². The first-order chi connectivity index (χ1) is 12.7. The number of nitrogens with one attached hydrogen (secondary N) is 1. The summed E-state index contributed by atoms with van der Waals surface area (Å²) in [6, 6.07) is 5.83. The van der Waals surface area contributed by atoms with E-state index in [0.29, 0.717) is 43.6 Å². The molecule has 1 aliphatic rings. The summed E-state index contributed by atoms with van der Waals surface area (Å²) in [6.07, 6.45) is 1.61. The molecule has 7 heteroatoms. The highest BCUT2D eigenvalue weighted by Crippen LogP contribution is 2.38. The molecule has 0 aliphatic carbocycles. The summed E-state index contributed by atoms with van der Waals surface area (Å²) in [5, 5.41) is 3.22. The minimum atomic E-state index is -0.241. The fourth-order valence-electron chi connectivity index (χ4n) is 3.17. The number of rotatable bonds is 8. The minimum Gasteiger partial charge on any atom is -0.493 e. The van der Waals surface area contributed by atoms with Gasteiger partial charge < -0.3 is 19.5 Å². The van der Waals surface area contributed by atoms with Crippen LogP contribution < -0.4 is 20.5 Å². The quantitative estimate of drug-likeness (QED) is 0.729. The topological polar surface area (TPSA) is 74.6 Å². The zero-order valence-electron chi connectivity index (χ0n) is 15.5. The summed E-state index contributed by atoms with van der Waals surface area (Å²) in [5.41, 5.74) is 2.72. The lowest BCUT2D eigenvalue weighted by atomic mass is 9.97. The average Bonchev–Trinajstić information content (AvgIpc) is 2.66. The number of anilines is 1. The molecule has 26 heavy (non-hydrogen) atoms. The molecule has 1 N–H and O–H groups in total. The van der Waals surface area contributed by atoms with Crippen molar-refractivity contribution in [1.82, 2.24) is 9.55 Å². The highest BCUT2D eigenvalue weighted by Gasteiger charge is 2.21. The van der Waals surface area contributed by atoms with Gasteiger partial charge in [0.15, 0.2) is 11.5 Å². The van der Waals surface area contributed by atoms with Gasteiger partial charge in [0.25, 0.3) is 0 Å². The molecule has 0 bridgehead atoms. The molecule has 0 spiro atoms. The number of ether oxygens (including phenoxy) is 3. The third kappa shape index (κ3) is 3.67. The monoisotopic (exact) mass is 359 g/mol. The highest BCUT2D eigenvalue weighted by molar-refractivity contribution is 5.71. The Morgan fingerprint density at radius 1 is 1.19 bits per heavy atom. The number of aryl methyl sites for hydroxylation is 1. The summed E-state index contributed by atoms with van der Waals surface area (Å²) < 4.78 is 17.9. The van der Waals surface area contributed by atoms with E-state index in [4.69, 9.17) is 14.2 Å². The lowest BCUT2D eigenvalue weighted by Gasteiger charge is -2.23. The van der Waals surface area contributed by atoms with Gasteiger partial charge in [0, 0.05) is 37.9 Å². The van der Waals surface area contributed by atoms with Gasteiger partial charge in [-0.3, -0.25) is 4.57 Å². The average molecular weight is 359 g/mol. The molecule has 0 saturated carbocycles. The second-order valence-corrected chi connectivity index (χ2v) is 6.05. The minimum absolute atomic E-state index is 0.241. The first-order valence-electron chi connectivity index (χ1n) is 8.86. The Balaban J connectivity index is 1.91. The summed E-state index contributed by atoms with van der Waals surface area (Å²) in [4.78, 5) is 16.6. The van der Waals surface area contributed by atoms with Gasteiger partial charge in [-0.1, -0.05) is 0 Å². The predicted molar refractivity (Wildman–Crippen MR) is 100 cm³/mol. The maximum Gasteiger partial charge on any atom is 0.349 e. The van der Waals surface area contributed by atoms with Crippen LogP contribution in [0.5, 0.6) is 11.5 Å². The second-order valence-electron chi connectivity index (χ2n) is 6.05. The molecule has 0 saturated heterocycles. The van der Waals surface area contributed by atoms with E-state index < -0.39 is 0 Å². The standard InChI is InChI=1S/C19H25N3O4/c1-4-26-9-5-7-20-18-12-15-14-11-17(25-3)16(24-2)10-13(14)6-8-22(15)19(23)21-18/h10-12H,4-9H2,1-3H3,(H,20,21,23).